The average molecular weight is 405 g/mol. The Balaban J connectivity index is 1.92. The number of carbonyl (C=O) groups excluding carboxylic acids is 1. The van der Waals surface area contributed by atoms with Crippen LogP contribution in [0.1, 0.15) is 42.9 Å². The number of benzene rings is 1. The first-order chi connectivity index (χ1) is 11.5. The van der Waals surface area contributed by atoms with Crippen molar-refractivity contribution in [1.29, 1.82) is 0 Å². The van der Waals surface area contributed by atoms with Gasteiger partial charge in [0, 0.05) is 11.9 Å². The number of carbonyl (C=O) groups is 1. The third kappa shape index (κ3) is 3.42. The van der Waals surface area contributed by atoms with Crippen molar-refractivity contribution >= 4 is 43.4 Å². The summed E-state index contributed by atoms with van der Waals surface area (Å²) in [6.07, 6.45) is 0. The molecular weight excluding hydrogens is 384 g/mol. The van der Waals surface area contributed by atoms with E-state index in [1.165, 1.54) is 0 Å². The second kappa shape index (κ2) is 7.11. The summed E-state index contributed by atoms with van der Waals surface area (Å²) in [5.41, 5.74) is 2.95. The number of fused-ring (bicyclic) bond motifs is 1. The molecule has 0 spiro atoms. The van der Waals surface area contributed by atoms with Gasteiger partial charge >= 0.3 is 0 Å². The smallest absolute Gasteiger partial charge is 0.268 e. The molecule has 0 aliphatic heterocycles. The summed E-state index contributed by atoms with van der Waals surface area (Å²) in [5.74, 6) is 0.438. The van der Waals surface area contributed by atoms with E-state index in [0.717, 1.165) is 32.5 Å². The van der Waals surface area contributed by atoms with Crippen LogP contribution in [0.3, 0.4) is 0 Å². The molecule has 3 aromatic rings. The average Bonchev–Trinajstić information content (AvgIpc) is 3.09. The van der Waals surface area contributed by atoms with E-state index >= 15 is 0 Å². The third-order valence-corrected chi connectivity index (χ3v) is 5.83. The van der Waals surface area contributed by atoms with Gasteiger partial charge < -0.3 is 9.88 Å². The zero-order chi connectivity index (χ0) is 17.3. The molecule has 3 rings (SSSR count). The van der Waals surface area contributed by atoms with Gasteiger partial charge in [0.15, 0.2) is 0 Å². The van der Waals surface area contributed by atoms with Crippen LogP contribution in [0.4, 0.5) is 0 Å². The fraction of sp³-hybridized carbons (Fsp3) is 0.316. The van der Waals surface area contributed by atoms with Gasteiger partial charge in [0.25, 0.3) is 5.91 Å². The van der Waals surface area contributed by atoms with Crippen LogP contribution >= 0.6 is 27.3 Å². The second-order valence-corrected chi connectivity index (χ2v) is 8.20. The standard InChI is InChI=1S/C19H21BrN2OS/c1-12(2)10-22-16(9-17-18(22)15(20)11-24-17)19(23)21-13(3)14-7-5-4-6-8-14/h4-9,11-13H,10H2,1-3H3,(H,21,23)/t13-/m1/s1. The number of hydrogen-bond donors (Lipinski definition) is 1. The van der Waals surface area contributed by atoms with Crippen molar-refractivity contribution in [3.05, 3.63) is 57.5 Å². The van der Waals surface area contributed by atoms with Crippen molar-refractivity contribution in [2.24, 2.45) is 5.92 Å². The van der Waals surface area contributed by atoms with Crippen LogP contribution in [0.25, 0.3) is 10.2 Å². The van der Waals surface area contributed by atoms with Gasteiger partial charge in [-0.05, 0) is 40.4 Å². The van der Waals surface area contributed by atoms with Crippen molar-refractivity contribution in [2.45, 2.75) is 33.4 Å². The minimum absolute atomic E-state index is 0.0254. The third-order valence-electron chi connectivity index (χ3n) is 4.01. The molecular formula is C19H21BrN2OS. The molecule has 0 saturated heterocycles. The highest BCUT2D eigenvalue weighted by Crippen LogP contribution is 2.34. The van der Waals surface area contributed by atoms with Crippen LogP contribution < -0.4 is 5.32 Å². The number of thiophene rings is 1. The number of hydrogen-bond acceptors (Lipinski definition) is 2. The highest BCUT2D eigenvalue weighted by atomic mass is 79.9. The van der Waals surface area contributed by atoms with E-state index < -0.39 is 0 Å². The molecule has 24 heavy (non-hydrogen) atoms. The fourth-order valence-electron chi connectivity index (χ4n) is 2.87. The number of rotatable bonds is 5. The van der Waals surface area contributed by atoms with Gasteiger partial charge in [0.05, 0.1) is 20.7 Å². The minimum atomic E-state index is -0.0256. The summed E-state index contributed by atoms with van der Waals surface area (Å²) in [6.45, 7) is 7.17. The van der Waals surface area contributed by atoms with Gasteiger partial charge in [0.2, 0.25) is 0 Å². The summed E-state index contributed by atoms with van der Waals surface area (Å²) in [4.78, 5) is 12.9. The van der Waals surface area contributed by atoms with Crippen LogP contribution in [0.2, 0.25) is 0 Å². The Morgan fingerprint density at radius 3 is 2.62 bits per heavy atom. The molecule has 0 aliphatic rings. The molecule has 0 unspecified atom stereocenters. The molecule has 2 aromatic heterocycles. The lowest BCUT2D eigenvalue weighted by Crippen LogP contribution is -2.29. The van der Waals surface area contributed by atoms with E-state index in [-0.39, 0.29) is 11.9 Å². The largest absolute Gasteiger partial charge is 0.344 e. The molecule has 126 valence electrons. The Bertz CT molecular complexity index is 851. The molecule has 0 fully saturated rings. The Labute approximate surface area is 154 Å². The second-order valence-electron chi connectivity index (χ2n) is 6.44. The predicted octanol–water partition coefficient (Wildman–Crippen LogP) is 5.61. The summed E-state index contributed by atoms with van der Waals surface area (Å²) in [5, 5.41) is 5.21. The van der Waals surface area contributed by atoms with Gasteiger partial charge in [-0.15, -0.1) is 11.3 Å². The Morgan fingerprint density at radius 1 is 1.25 bits per heavy atom. The Hall–Kier alpha value is -1.59. The molecule has 0 aliphatic carbocycles. The highest BCUT2D eigenvalue weighted by Gasteiger charge is 2.20. The van der Waals surface area contributed by atoms with E-state index in [0.29, 0.717) is 5.92 Å². The fourth-order valence-corrected chi connectivity index (χ4v) is 4.56. The van der Waals surface area contributed by atoms with Crippen molar-refractivity contribution in [3.8, 4) is 0 Å². The molecule has 5 heteroatoms. The molecule has 1 amide bonds. The molecule has 1 atom stereocenters. The first kappa shape index (κ1) is 17.2. The first-order valence-corrected chi connectivity index (χ1v) is 9.76. The van der Waals surface area contributed by atoms with Gasteiger partial charge in [0.1, 0.15) is 5.69 Å². The summed E-state index contributed by atoms with van der Waals surface area (Å²) < 4.78 is 4.33. The van der Waals surface area contributed by atoms with Crippen molar-refractivity contribution in [2.75, 3.05) is 0 Å². The zero-order valence-electron chi connectivity index (χ0n) is 14.0. The Morgan fingerprint density at radius 2 is 1.96 bits per heavy atom. The van der Waals surface area contributed by atoms with E-state index in [2.05, 4.69) is 45.0 Å². The van der Waals surface area contributed by atoms with Gasteiger partial charge in [-0.1, -0.05) is 44.2 Å². The van der Waals surface area contributed by atoms with Gasteiger partial charge in [-0.25, -0.2) is 0 Å². The Kier molecular flexibility index (Phi) is 5.11. The summed E-state index contributed by atoms with van der Waals surface area (Å²) in [7, 11) is 0. The summed E-state index contributed by atoms with van der Waals surface area (Å²) in [6, 6.07) is 12.0. The van der Waals surface area contributed by atoms with Crippen molar-refractivity contribution in [1.82, 2.24) is 9.88 Å². The van der Waals surface area contributed by atoms with Crippen LogP contribution in [0.15, 0.2) is 46.3 Å². The zero-order valence-corrected chi connectivity index (χ0v) is 16.4. The maximum atomic E-state index is 12.9. The van der Waals surface area contributed by atoms with E-state index in [9.17, 15) is 4.79 Å². The predicted molar refractivity (Wildman–Crippen MR) is 105 cm³/mol. The van der Waals surface area contributed by atoms with E-state index in [1.807, 2.05) is 43.3 Å². The number of amides is 1. The molecule has 0 bridgehead atoms. The molecule has 0 radical (unpaired) electrons. The highest BCUT2D eigenvalue weighted by molar-refractivity contribution is 9.10. The molecule has 1 N–H and O–H groups in total. The summed E-state index contributed by atoms with van der Waals surface area (Å²) >= 11 is 5.28. The monoisotopic (exact) mass is 404 g/mol. The van der Waals surface area contributed by atoms with Crippen LogP contribution in [-0.4, -0.2) is 10.5 Å². The number of nitrogens with one attached hydrogen (secondary N) is 1. The maximum Gasteiger partial charge on any atom is 0.268 e. The first-order valence-electron chi connectivity index (χ1n) is 8.09. The minimum Gasteiger partial charge on any atom is -0.344 e. The lowest BCUT2D eigenvalue weighted by molar-refractivity contribution is 0.0930. The molecule has 0 saturated carbocycles. The number of nitrogens with zero attached hydrogens (tertiary/aromatic N) is 1. The van der Waals surface area contributed by atoms with Gasteiger partial charge in [-0.2, -0.15) is 0 Å². The quantitative estimate of drug-likeness (QED) is 0.588. The number of halogens is 1. The van der Waals surface area contributed by atoms with Crippen LogP contribution in [-0.2, 0) is 6.54 Å². The topological polar surface area (TPSA) is 34.0 Å². The molecule has 1 aromatic carbocycles. The molecule has 2 heterocycles. The lowest BCUT2D eigenvalue weighted by Gasteiger charge is -2.17. The SMILES string of the molecule is CC(C)Cn1c(C(=O)N[C@H](C)c2ccccc2)cc2scc(Br)c21. The number of aromatic nitrogens is 1. The van der Waals surface area contributed by atoms with Gasteiger partial charge in [-0.3, -0.25) is 4.79 Å². The molecule has 3 nitrogen and oxygen atoms in total. The van der Waals surface area contributed by atoms with Crippen molar-refractivity contribution in [3.63, 3.8) is 0 Å². The van der Waals surface area contributed by atoms with Crippen LogP contribution in [0.5, 0.6) is 0 Å². The lowest BCUT2D eigenvalue weighted by atomic mass is 10.1. The maximum absolute atomic E-state index is 12.9. The van der Waals surface area contributed by atoms with Crippen molar-refractivity contribution < 1.29 is 4.79 Å². The normalized spacial score (nSPS) is 12.7. The van der Waals surface area contributed by atoms with Crippen LogP contribution in [0, 0.1) is 5.92 Å². The van der Waals surface area contributed by atoms with E-state index in [4.69, 9.17) is 0 Å². The van der Waals surface area contributed by atoms with E-state index in [1.54, 1.807) is 11.3 Å².